The van der Waals surface area contributed by atoms with E-state index in [9.17, 15) is 9.59 Å². The van der Waals surface area contributed by atoms with Gasteiger partial charge in [-0.2, -0.15) is 9.97 Å². The van der Waals surface area contributed by atoms with E-state index in [1.807, 2.05) is 0 Å². The molecule has 2 heterocycles. The molecule has 2 N–H and O–H groups in total. The molecule has 25 heavy (non-hydrogen) atoms. The Morgan fingerprint density at radius 1 is 1.00 bits per heavy atom. The molecule has 0 saturated carbocycles. The molecule has 0 atom stereocenters. The van der Waals surface area contributed by atoms with Crippen molar-refractivity contribution in [2.75, 3.05) is 5.32 Å². The number of hydrogen-bond acceptors (Lipinski definition) is 7. The molecular weight excluding hydrogens is 350 g/mol. The number of imidazole rings is 1. The second-order valence-electron chi connectivity index (χ2n) is 7.25. The number of aromatic amines is 1. The molecule has 1 amide bonds. The summed E-state index contributed by atoms with van der Waals surface area (Å²) in [5.74, 6) is -0.798. The van der Waals surface area contributed by atoms with Gasteiger partial charge in [-0.15, -0.1) is 0 Å². The van der Waals surface area contributed by atoms with Gasteiger partial charge in [-0.25, -0.2) is 14.6 Å². The Labute approximate surface area is 149 Å². The van der Waals surface area contributed by atoms with Gasteiger partial charge in [0.25, 0.3) is 0 Å². The molecule has 0 radical (unpaired) electrons. The van der Waals surface area contributed by atoms with Gasteiger partial charge >= 0.3 is 12.1 Å². The first-order chi connectivity index (χ1) is 11.3. The van der Waals surface area contributed by atoms with Crippen LogP contribution in [0, 0.1) is 0 Å². The highest BCUT2D eigenvalue weighted by molar-refractivity contribution is 6.33. The lowest BCUT2D eigenvalue weighted by molar-refractivity contribution is 0.00569. The van der Waals surface area contributed by atoms with Crippen LogP contribution in [0.1, 0.15) is 52.2 Å². The van der Waals surface area contributed by atoms with Crippen LogP contribution in [-0.2, 0) is 9.47 Å². The number of nitrogens with zero attached hydrogens (tertiary/aromatic N) is 3. The fourth-order valence-corrected chi connectivity index (χ4v) is 1.95. The SMILES string of the molecule is CC(C)(C)OC(=O)Nc1nc(Cl)c2[nH]c(C(=O)OC(C)(C)C)nc2n1. The third kappa shape index (κ3) is 5.28. The number of nitrogens with one attached hydrogen (secondary N) is 2. The molecule has 0 aliphatic rings. The van der Waals surface area contributed by atoms with E-state index >= 15 is 0 Å². The molecule has 9 nitrogen and oxygen atoms in total. The molecular formula is C15H20ClN5O4. The van der Waals surface area contributed by atoms with Crippen molar-refractivity contribution in [3.05, 3.63) is 11.0 Å². The number of ether oxygens (including phenoxy) is 2. The van der Waals surface area contributed by atoms with Gasteiger partial charge in [0, 0.05) is 0 Å². The monoisotopic (exact) mass is 369 g/mol. The first kappa shape index (κ1) is 18.9. The van der Waals surface area contributed by atoms with E-state index in [1.54, 1.807) is 41.5 Å². The number of anilines is 1. The Bertz CT molecular complexity index is 820. The van der Waals surface area contributed by atoms with Crippen LogP contribution in [0.5, 0.6) is 0 Å². The number of amides is 1. The molecule has 2 aromatic rings. The van der Waals surface area contributed by atoms with E-state index in [4.69, 9.17) is 21.1 Å². The summed E-state index contributed by atoms with van der Waals surface area (Å²) in [6.45, 7) is 10.4. The molecule has 2 aromatic heterocycles. The average Bonchev–Trinajstić information content (AvgIpc) is 2.78. The molecule has 0 spiro atoms. The summed E-state index contributed by atoms with van der Waals surface area (Å²) in [7, 11) is 0. The van der Waals surface area contributed by atoms with Gasteiger partial charge < -0.3 is 14.5 Å². The van der Waals surface area contributed by atoms with Crippen LogP contribution >= 0.6 is 11.6 Å². The molecule has 2 rings (SSSR count). The van der Waals surface area contributed by atoms with Crippen LogP contribution in [0.3, 0.4) is 0 Å². The van der Waals surface area contributed by atoms with Crippen molar-refractivity contribution in [1.29, 1.82) is 0 Å². The first-order valence-corrected chi connectivity index (χ1v) is 7.88. The fraction of sp³-hybridized carbons (Fsp3) is 0.533. The number of fused-ring (bicyclic) bond motifs is 1. The number of carbonyl (C=O) groups excluding carboxylic acids is 2. The van der Waals surface area contributed by atoms with Crippen molar-refractivity contribution in [3.8, 4) is 0 Å². The Kier molecular flexibility index (Phi) is 4.90. The number of H-pyrrole nitrogens is 1. The summed E-state index contributed by atoms with van der Waals surface area (Å²) in [6.07, 6.45) is -0.731. The number of aromatic nitrogens is 4. The van der Waals surface area contributed by atoms with Crippen molar-refractivity contribution >= 4 is 40.8 Å². The zero-order valence-corrected chi connectivity index (χ0v) is 15.6. The lowest BCUT2D eigenvalue weighted by Crippen LogP contribution is -2.27. The highest BCUT2D eigenvalue weighted by Crippen LogP contribution is 2.21. The minimum absolute atomic E-state index is 0.00151. The maximum atomic E-state index is 12.1. The van der Waals surface area contributed by atoms with Crippen molar-refractivity contribution in [1.82, 2.24) is 19.9 Å². The molecule has 0 unspecified atom stereocenters. The largest absolute Gasteiger partial charge is 0.454 e. The second-order valence-corrected chi connectivity index (χ2v) is 7.61. The van der Waals surface area contributed by atoms with E-state index in [0.717, 1.165) is 0 Å². The van der Waals surface area contributed by atoms with Gasteiger partial charge in [0.05, 0.1) is 0 Å². The first-order valence-electron chi connectivity index (χ1n) is 7.51. The van der Waals surface area contributed by atoms with Crippen molar-refractivity contribution in [2.45, 2.75) is 52.7 Å². The minimum Gasteiger partial charge on any atom is -0.454 e. The highest BCUT2D eigenvalue weighted by Gasteiger charge is 2.23. The zero-order valence-electron chi connectivity index (χ0n) is 14.9. The minimum atomic E-state index is -0.731. The third-order valence-electron chi connectivity index (χ3n) is 2.51. The lowest BCUT2D eigenvalue weighted by Gasteiger charge is -2.19. The van der Waals surface area contributed by atoms with E-state index in [1.165, 1.54) is 0 Å². The Morgan fingerprint density at radius 3 is 2.16 bits per heavy atom. The topological polar surface area (TPSA) is 119 Å². The van der Waals surface area contributed by atoms with Gasteiger partial charge in [-0.05, 0) is 41.5 Å². The molecule has 0 bridgehead atoms. The lowest BCUT2D eigenvalue weighted by atomic mass is 10.2. The fourth-order valence-electron chi connectivity index (χ4n) is 1.74. The van der Waals surface area contributed by atoms with Crippen LogP contribution in [0.2, 0.25) is 5.15 Å². The van der Waals surface area contributed by atoms with E-state index in [2.05, 4.69) is 25.3 Å². The number of hydrogen-bond donors (Lipinski definition) is 2. The number of carbonyl (C=O) groups is 2. The predicted octanol–water partition coefficient (Wildman–Crippen LogP) is 3.31. The average molecular weight is 370 g/mol. The van der Waals surface area contributed by atoms with Gasteiger partial charge in [0.15, 0.2) is 10.8 Å². The van der Waals surface area contributed by atoms with Crippen LogP contribution < -0.4 is 5.32 Å². The van der Waals surface area contributed by atoms with E-state index in [0.29, 0.717) is 0 Å². The van der Waals surface area contributed by atoms with Gasteiger partial charge in [-0.3, -0.25) is 5.32 Å². The third-order valence-corrected chi connectivity index (χ3v) is 2.79. The van der Waals surface area contributed by atoms with Gasteiger partial charge in [0.2, 0.25) is 11.8 Å². The van der Waals surface area contributed by atoms with E-state index < -0.39 is 23.3 Å². The smallest absolute Gasteiger partial charge is 0.414 e. The molecule has 0 aromatic carbocycles. The van der Waals surface area contributed by atoms with Crippen molar-refractivity contribution < 1.29 is 19.1 Å². The quantitative estimate of drug-likeness (QED) is 0.615. The standard InChI is InChI=1S/C15H20ClN5O4/c1-14(2,3)24-11(22)10-17-7-8(16)18-12(20-9(7)19-10)21-13(23)25-15(4,5)6/h1-6H3,(H2,17,18,19,20,21,23). The van der Waals surface area contributed by atoms with Crippen LogP contribution in [-0.4, -0.2) is 43.2 Å². The van der Waals surface area contributed by atoms with Crippen LogP contribution in [0.25, 0.3) is 11.2 Å². The Balaban J connectivity index is 2.27. The summed E-state index contributed by atoms with van der Waals surface area (Å²) < 4.78 is 10.3. The zero-order chi connectivity index (χ0) is 19.0. The Morgan fingerprint density at radius 2 is 1.60 bits per heavy atom. The van der Waals surface area contributed by atoms with Gasteiger partial charge in [-0.1, -0.05) is 11.6 Å². The van der Waals surface area contributed by atoms with Crippen LogP contribution in [0.15, 0.2) is 0 Å². The van der Waals surface area contributed by atoms with Crippen molar-refractivity contribution in [2.24, 2.45) is 0 Å². The summed E-state index contributed by atoms with van der Waals surface area (Å²) in [5, 5.41) is 2.37. The molecule has 10 heteroatoms. The molecule has 0 fully saturated rings. The van der Waals surface area contributed by atoms with E-state index in [-0.39, 0.29) is 28.1 Å². The summed E-state index contributed by atoms with van der Waals surface area (Å²) in [6, 6.07) is 0. The van der Waals surface area contributed by atoms with Gasteiger partial charge in [0.1, 0.15) is 16.7 Å². The number of rotatable bonds is 2. The second kappa shape index (κ2) is 6.47. The maximum absolute atomic E-state index is 12.1. The Hall–Kier alpha value is -2.42. The summed E-state index contributed by atoms with van der Waals surface area (Å²) >= 11 is 6.06. The molecule has 136 valence electrons. The molecule has 0 saturated heterocycles. The number of esters is 1. The summed E-state index contributed by atoms with van der Waals surface area (Å²) in [5.41, 5.74) is -0.965. The molecule has 0 aliphatic heterocycles. The normalized spacial score (nSPS) is 12.1. The van der Waals surface area contributed by atoms with Crippen molar-refractivity contribution in [3.63, 3.8) is 0 Å². The number of halogens is 1. The summed E-state index contributed by atoms with van der Waals surface area (Å²) in [4.78, 5) is 38.6. The highest BCUT2D eigenvalue weighted by atomic mass is 35.5. The predicted molar refractivity (Wildman–Crippen MR) is 91.7 cm³/mol. The molecule has 0 aliphatic carbocycles. The maximum Gasteiger partial charge on any atom is 0.414 e. The van der Waals surface area contributed by atoms with Crippen LogP contribution in [0.4, 0.5) is 10.7 Å².